The summed E-state index contributed by atoms with van der Waals surface area (Å²) in [6.07, 6.45) is 2.93. The lowest BCUT2D eigenvalue weighted by Gasteiger charge is -2.17. The van der Waals surface area contributed by atoms with Crippen LogP contribution in [0.25, 0.3) is 0 Å². The molecule has 0 fully saturated rings. The third-order valence-electron chi connectivity index (χ3n) is 3.56. The number of aryl methyl sites for hydroxylation is 1. The van der Waals surface area contributed by atoms with Crippen molar-refractivity contribution < 1.29 is 4.79 Å². The van der Waals surface area contributed by atoms with E-state index in [-0.39, 0.29) is 6.03 Å². The average molecular weight is 317 g/mol. The third-order valence-corrected chi connectivity index (χ3v) is 4.31. The molecule has 2 amide bonds. The highest BCUT2D eigenvalue weighted by Crippen LogP contribution is 2.24. The molecular weight excluding hydrogens is 298 g/mol. The van der Waals surface area contributed by atoms with E-state index in [1.54, 1.807) is 6.07 Å². The van der Waals surface area contributed by atoms with Crippen LogP contribution >= 0.6 is 11.3 Å². The van der Waals surface area contributed by atoms with Crippen molar-refractivity contribution in [3.8, 4) is 0 Å². The number of thiophene rings is 1. The molecule has 7 heteroatoms. The second-order valence-corrected chi connectivity index (χ2v) is 6.12. The van der Waals surface area contributed by atoms with Crippen molar-refractivity contribution in [1.29, 1.82) is 0 Å². The summed E-state index contributed by atoms with van der Waals surface area (Å²) in [5, 5.41) is 11.3. The monoisotopic (exact) mass is 317 g/mol. The van der Waals surface area contributed by atoms with Crippen LogP contribution in [-0.4, -0.2) is 24.1 Å². The van der Waals surface area contributed by atoms with E-state index in [1.165, 1.54) is 16.9 Å². The van der Waals surface area contributed by atoms with Crippen LogP contribution in [0.15, 0.2) is 23.6 Å². The fourth-order valence-electron chi connectivity index (χ4n) is 2.40. The van der Waals surface area contributed by atoms with Crippen molar-refractivity contribution in [3.05, 3.63) is 34.8 Å². The number of hydrogen-bond acceptors (Lipinski definition) is 5. The number of carbonyl (C=O) groups is 1. The van der Waals surface area contributed by atoms with Crippen molar-refractivity contribution >= 4 is 33.9 Å². The molecule has 5 N–H and O–H groups in total. The first-order valence-electron chi connectivity index (χ1n) is 7.33. The Balaban J connectivity index is 1.48. The molecule has 3 heterocycles. The Kier molecular flexibility index (Phi) is 4.43. The first-order chi connectivity index (χ1) is 10.7. The van der Waals surface area contributed by atoms with Gasteiger partial charge < -0.3 is 21.7 Å². The molecule has 22 heavy (non-hydrogen) atoms. The Morgan fingerprint density at radius 2 is 2.32 bits per heavy atom. The van der Waals surface area contributed by atoms with Crippen molar-refractivity contribution in [2.45, 2.75) is 19.3 Å². The van der Waals surface area contributed by atoms with Gasteiger partial charge in [0.25, 0.3) is 0 Å². The van der Waals surface area contributed by atoms with Crippen LogP contribution < -0.4 is 21.7 Å². The molecule has 0 aliphatic carbocycles. The Hall–Kier alpha value is -2.28. The summed E-state index contributed by atoms with van der Waals surface area (Å²) in [6.45, 7) is 1.51. The molecule has 2 aromatic rings. The van der Waals surface area contributed by atoms with E-state index in [9.17, 15) is 4.79 Å². The van der Waals surface area contributed by atoms with Crippen molar-refractivity contribution in [2.75, 3.05) is 29.5 Å². The number of pyridine rings is 1. The number of hydrogen-bond donors (Lipinski definition) is 4. The number of nitrogen functional groups attached to an aromatic ring is 1. The number of aromatic nitrogens is 1. The fourth-order valence-corrected chi connectivity index (χ4v) is 3.00. The minimum absolute atomic E-state index is 0.249. The Labute approximate surface area is 133 Å². The highest BCUT2D eigenvalue weighted by Gasteiger charge is 2.10. The van der Waals surface area contributed by atoms with Crippen LogP contribution in [0.2, 0.25) is 0 Å². The summed E-state index contributed by atoms with van der Waals surface area (Å²) in [7, 11) is 0. The fraction of sp³-hybridized carbons (Fsp3) is 0.333. The minimum Gasteiger partial charge on any atom is -0.389 e. The van der Waals surface area contributed by atoms with Gasteiger partial charge >= 0.3 is 6.03 Å². The maximum Gasteiger partial charge on any atom is 0.319 e. The van der Waals surface area contributed by atoms with Gasteiger partial charge in [-0.05, 0) is 35.9 Å². The zero-order chi connectivity index (χ0) is 15.4. The quantitative estimate of drug-likeness (QED) is 0.697. The van der Waals surface area contributed by atoms with Gasteiger partial charge in [0.2, 0.25) is 0 Å². The van der Waals surface area contributed by atoms with Gasteiger partial charge in [-0.2, -0.15) is 0 Å². The lowest BCUT2D eigenvalue weighted by molar-refractivity contribution is 0.252. The molecule has 3 rings (SSSR count). The van der Waals surface area contributed by atoms with E-state index in [4.69, 9.17) is 5.73 Å². The van der Waals surface area contributed by atoms with Crippen LogP contribution in [0.3, 0.4) is 0 Å². The number of nitrogens with two attached hydrogens (primary N) is 1. The minimum atomic E-state index is -0.249. The van der Waals surface area contributed by atoms with Crippen molar-refractivity contribution in [3.63, 3.8) is 0 Å². The smallest absolute Gasteiger partial charge is 0.319 e. The van der Waals surface area contributed by atoms with Gasteiger partial charge in [-0.25, -0.2) is 9.78 Å². The molecule has 116 valence electrons. The Morgan fingerprint density at radius 3 is 3.14 bits per heavy atom. The van der Waals surface area contributed by atoms with Gasteiger partial charge in [0, 0.05) is 25.2 Å². The standard InChI is InChI=1S/C15H19N5OS/c16-13-12(6-9-22-13)20-15(21)18-8-5-11-4-3-10-2-1-7-17-14(10)19-11/h3-4,6,9H,1-2,5,7-8,16H2,(H,17,19)(H2,18,20,21). The average Bonchev–Trinajstić information content (AvgIpc) is 2.92. The molecule has 0 spiro atoms. The molecule has 6 nitrogen and oxygen atoms in total. The largest absolute Gasteiger partial charge is 0.389 e. The van der Waals surface area contributed by atoms with Gasteiger partial charge in [-0.1, -0.05) is 6.07 Å². The number of amides is 2. The number of rotatable bonds is 4. The SMILES string of the molecule is Nc1sccc1NC(=O)NCCc1ccc2c(n1)NCCC2. The van der Waals surface area contributed by atoms with Gasteiger partial charge in [0.05, 0.1) is 5.69 Å². The zero-order valence-electron chi connectivity index (χ0n) is 12.2. The van der Waals surface area contributed by atoms with E-state index in [2.05, 4.69) is 27.0 Å². The predicted molar refractivity (Wildman–Crippen MR) is 90.5 cm³/mol. The van der Waals surface area contributed by atoms with Crippen LogP contribution in [0, 0.1) is 0 Å². The molecule has 0 aromatic carbocycles. The summed E-state index contributed by atoms with van der Waals surface area (Å²) >= 11 is 1.40. The summed E-state index contributed by atoms with van der Waals surface area (Å²) in [4.78, 5) is 16.4. The van der Waals surface area contributed by atoms with Crippen LogP contribution in [0.1, 0.15) is 17.7 Å². The highest BCUT2D eigenvalue weighted by molar-refractivity contribution is 7.14. The molecule has 0 radical (unpaired) electrons. The van der Waals surface area contributed by atoms with Crippen LogP contribution in [-0.2, 0) is 12.8 Å². The Morgan fingerprint density at radius 1 is 1.41 bits per heavy atom. The van der Waals surface area contributed by atoms with E-state index in [0.717, 1.165) is 30.9 Å². The van der Waals surface area contributed by atoms with E-state index >= 15 is 0 Å². The Bertz CT molecular complexity index is 670. The lowest BCUT2D eigenvalue weighted by Crippen LogP contribution is -2.30. The van der Waals surface area contributed by atoms with Crippen molar-refractivity contribution in [2.24, 2.45) is 0 Å². The molecule has 0 saturated carbocycles. The molecule has 2 aromatic heterocycles. The summed E-state index contributed by atoms with van der Waals surface area (Å²) in [6, 6.07) is 5.69. The maximum atomic E-state index is 11.8. The third kappa shape index (κ3) is 3.48. The highest BCUT2D eigenvalue weighted by atomic mass is 32.1. The summed E-state index contributed by atoms with van der Waals surface area (Å²) < 4.78 is 0. The summed E-state index contributed by atoms with van der Waals surface area (Å²) in [5.41, 5.74) is 8.63. The van der Waals surface area contributed by atoms with Gasteiger partial charge in [-0.3, -0.25) is 0 Å². The van der Waals surface area contributed by atoms with Crippen LogP contribution in [0.5, 0.6) is 0 Å². The molecule has 1 aliphatic rings. The van der Waals surface area contributed by atoms with E-state index in [1.807, 2.05) is 11.4 Å². The predicted octanol–water partition coefficient (Wildman–Crippen LogP) is 2.45. The topological polar surface area (TPSA) is 92.1 Å². The zero-order valence-corrected chi connectivity index (χ0v) is 13.0. The first kappa shape index (κ1) is 14.6. The number of carbonyl (C=O) groups excluding carboxylic acids is 1. The second kappa shape index (κ2) is 6.65. The van der Waals surface area contributed by atoms with Gasteiger partial charge in [0.15, 0.2) is 0 Å². The number of nitrogens with one attached hydrogen (secondary N) is 3. The van der Waals surface area contributed by atoms with E-state index < -0.39 is 0 Å². The van der Waals surface area contributed by atoms with Crippen LogP contribution in [0.4, 0.5) is 21.3 Å². The first-order valence-corrected chi connectivity index (χ1v) is 8.21. The lowest BCUT2D eigenvalue weighted by atomic mass is 10.1. The molecular formula is C15H19N5OS. The molecule has 0 atom stereocenters. The van der Waals surface area contributed by atoms with Gasteiger partial charge in [0.1, 0.15) is 10.8 Å². The summed E-state index contributed by atoms with van der Waals surface area (Å²) in [5.74, 6) is 0.985. The second-order valence-electron chi connectivity index (χ2n) is 5.17. The number of anilines is 3. The maximum absolute atomic E-state index is 11.8. The number of fused-ring (bicyclic) bond motifs is 1. The van der Waals surface area contributed by atoms with Gasteiger partial charge in [-0.15, -0.1) is 11.3 Å². The molecule has 1 aliphatic heterocycles. The van der Waals surface area contributed by atoms with Crippen molar-refractivity contribution in [1.82, 2.24) is 10.3 Å². The molecule has 0 unspecified atom stereocenters. The number of nitrogens with zero attached hydrogens (tertiary/aromatic N) is 1. The number of urea groups is 1. The van der Waals surface area contributed by atoms with E-state index in [0.29, 0.717) is 23.7 Å². The normalized spacial score (nSPS) is 13.1. The molecule has 0 saturated heterocycles. The molecule has 0 bridgehead atoms.